The maximum Gasteiger partial charge on any atom is 0.226 e. The summed E-state index contributed by atoms with van der Waals surface area (Å²) in [6.07, 6.45) is -0.0587. The smallest absolute Gasteiger partial charge is 0.226 e. The Morgan fingerprint density at radius 3 is 2.54 bits per heavy atom. The first-order valence-corrected chi connectivity index (χ1v) is 8.17. The molecule has 0 bridgehead atoms. The third kappa shape index (κ3) is 5.02. The Labute approximate surface area is 150 Å². The summed E-state index contributed by atoms with van der Waals surface area (Å²) in [5.74, 6) is -1.79. The molecule has 0 spiro atoms. The number of hydrogen-bond donors (Lipinski definition) is 1. The molecule has 5 nitrogen and oxygen atoms in total. The second-order valence-electron chi connectivity index (χ2n) is 5.49. The number of amides is 2. The second-order valence-corrected chi connectivity index (χ2v) is 5.49. The Morgan fingerprint density at radius 1 is 1.15 bits per heavy atom. The number of benzene rings is 2. The number of carbonyl (C=O) groups is 2. The van der Waals surface area contributed by atoms with Crippen LogP contribution in [0.3, 0.4) is 0 Å². The number of carbonyl (C=O) groups excluding carboxylic acids is 2. The van der Waals surface area contributed by atoms with E-state index in [-0.39, 0.29) is 24.6 Å². The fourth-order valence-corrected chi connectivity index (χ4v) is 2.42. The second kappa shape index (κ2) is 8.94. The van der Waals surface area contributed by atoms with Crippen LogP contribution in [0.25, 0.3) is 0 Å². The minimum atomic E-state index is -0.858. The van der Waals surface area contributed by atoms with E-state index in [0.717, 1.165) is 12.1 Å². The topological polar surface area (TPSA) is 58.6 Å². The van der Waals surface area contributed by atoms with Gasteiger partial charge in [-0.1, -0.05) is 12.1 Å². The van der Waals surface area contributed by atoms with E-state index in [1.54, 1.807) is 24.3 Å². The standard InChI is InChI=1S/C19H20F2N2O3/c1-3-26-18-7-5-4-6-17(18)23(13(2)24)11-10-19(25)22-16-9-8-14(20)12-15(16)21/h4-9,12H,3,10-11H2,1-2H3,(H,22,25). The maximum atomic E-state index is 13.6. The maximum absolute atomic E-state index is 13.6. The molecule has 0 unspecified atom stereocenters. The summed E-state index contributed by atoms with van der Waals surface area (Å²) in [6.45, 7) is 3.75. The lowest BCUT2D eigenvalue weighted by Crippen LogP contribution is -2.32. The number of para-hydroxylation sites is 2. The number of hydrogen-bond acceptors (Lipinski definition) is 3. The third-order valence-corrected chi connectivity index (χ3v) is 3.60. The van der Waals surface area contributed by atoms with E-state index >= 15 is 0 Å². The zero-order chi connectivity index (χ0) is 19.1. The molecular formula is C19H20F2N2O3. The Morgan fingerprint density at radius 2 is 1.88 bits per heavy atom. The van der Waals surface area contributed by atoms with Gasteiger partial charge in [-0.25, -0.2) is 8.78 Å². The zero-order valence-corrected chi connectivity index (χ0v) is 14.6. The van der Waals surface area contributed by atoms with Crippen LogP contribution in [0.1, 0.15) is 20.3 Å². The monoisotopic (exact) mass is 362 g/mol. The highest BCUT2D eigenvalue weighted by atomic mass is 19.1. The average Bonchev–Trinajstić information content (AvgIpc) is 2.59. The summed E-state index contributed by atoms with van der Waals surface area (Å²) in [7, 11) is 0. The minimum absolute atomic E-state index is 0.0587. The van der Waals surface area contributed by atoms with E-state index < -0.39 is 17.5 Å². The molecule has 2 aromatic carbocycles. The van der Waals surface area contributed by atoms with Gasteiger partial charge in [0.25, 0.3) is 0 Å². The zero-order valence-electron chi connectivity index (χ0n) is 14.6. The van der Waals surface area contributed by atoms with Crippen molar-refractivity contribution >= 4 is 23.2 Å². The molecule has 2 aromatic rings. The SMILES string of the molecule is CCOc1ccccc1N(CCC(=O)Nc1ccc(F)cc1F)C(C)=O. The van der Waals surface area contributed by atoms with Crippen molar-refractivity contribution in [2.75, 3.05) is 23.4 Å². The van der Waals surface area contributed by atoms with Gasteiger partial charge in [0, 0.05) is 26.0 Å². The van der Waals surface area contributed by atoms with Gasteiger partial charge in [0.1, 0.15) is 17.4 Å². The van der Waals surface area contributed by atoms with E-state index in [4.69, 9.17) is 4.74 Å². The predicted octanol–water partition coefficient (Wildman–Crippen LogP) is 3.75. The molecule has 0 aromatic heterocycles. The molecule has 2 amide bonds. The Kier molecular flexibility index (Phi) is 6.66. The summed E-state index contributed by atoms with van der Waals surface area (Å²) in [4.78, 5) is 25.5. The lowest BCUT2D eigenvalue weighted by molar-refractivity contribution is -0.117. The highest BCUT2D eigenvalue weighted by Crippen LogP contribution is 2.28. The van der Waals surface area contributed by atoms with Crippen LogP contribution in [0.5, 0.6) is 5.75 Å². The van der Waals surface area contributed by atoms with E-state index in [9.17, 15) is 18.4 Å². The summed E-state index contributed by atoms with van der Waals surface area (Å²) in [6, 6.07) is 9.91. The molecule has 0 aliphatic heterocycles. The molecule has 0 fully saturated rings. The number of rotatable bonds is 7. The highest BCUT2D eigenvalue weighted by molar-refractivity contribution is 5.95. The van der Waals surface area contributed by atoms with Gasteiger partial charge in [0.05, 0.1) is 18.0 Å². The van der Waals surface area contributed by atoms with Crippen LogP contribution in [-0.4, -0.2) is 25.0 Å². The molecular weight excluding hydrogens is 342 g/mol. The molecule has 138 valence electrons. The Bertz CT molecular complexity index is 796. The molecule has 0 radical (unpaired) electrons. The van der Waals surface area contributed by atoms with Crippen LogP contribution in [0.15, 0.2) is 42.5 Å². The van der Waals surface area contributed by atoms with Gasteiger partial charge in [-0.05, 0) is 31.2 Å². The molecule has 26 heavy (non-hydrogen) atoms. The van der Waals surface area contributed by atoms with Gasteiger partial charge >= 0.3 is 0 Å². The van der Waals surface area contributed by atoms with Crippen LogP contribution in [0.2, 0.25) is 0 Å². The first-order chi connectivity index (χ1) is 12.4. The summed E-state index contributed by atoms with van der Waals surface area (Å²) < 4.78 is 32.0. The largest absolute Gasteiger partial charge is 0.492 e. The highest BCUT2D eigenvalue weighted by Gasteiger charge is 2.18. The number of ether oxygens (including phenoxy) is 1. The molecule has 0 atom stereocenters. The normalized spacial score (nSPS) is 10.3. The lowest BCUT2D eigenvalue weighted by atomic mass is 10.2. The van der Waals surface area contributed by atoms with Gasteiger partial charge in [0.15, 0.2) is 0 Å². The van der Waals surface area contributed by atoms with Gasteiger partial charge in [-0.2, -0.15) is 0 Å². The molecule has 0 saturated heterocycles. The summed E-state index contributed by atoms with van der Waals surface area (Å²) >= 11 is 0. The quantitative estimate of drug-likeness (QED) is 0.816. The van der Waals surface area contributed by atoms with Crippen LogP contribution < -0.4 is 15.0 Å². The van der Waals surface area contributed by atoms with Crippen molar-refractivity contribution in [3.63, 3.8) is 0 Å². The first-order valence-electron chi connectivity index (χ1n) is 8.17. The van der Waals surface area contributed by atoms with Crippen molar-refractivity contribution in [2.45, 2.75) is 20.3 Å². The lowest BCUT2D eigenvalue weighted by Gasteiger charge is -2.23. The van der Waals surface area contributed by atoms with Gasteiger partial charge in [-0.15, -0.1) is 0 Å². The van der Waals surface area contributed by atoms with Crippen LogP contribution >= 0.6 is 0 Å². The van der Waals surface area contributed by atoms with Crippen LogP contribution in [0.4, 0.5) is 20.2 Å². The molecule has 0 saturated carbocycles. The fraction of sp³-hybridized carbons (Fsp3) is 0.263. The molecule has 2 rings (SSSR count). The van der Waals surface area contributed by atoms with Crippen molar-refractivity contribution < 1.29 is 23.1 Å². The van der Waals surface area contributed by atoms with Crippen LogP contribution in [-0.2, 0) is 9.59 Å². The molecule has 0 aliphatic rings. The average molecular weight is 362 g/mol. The molecule has 0 heterocycles. The Balaban J connectivity index is 2.07. The minimum Gasteiger partial charge on any atom is -0.492 e. The van der Waals surface area contributed by atoms with Gasteiger partial charge in [-0.3, -0.25) is 9.59 Å². The number of nitrogens with one attached hydrogen (secondary N) is 1. The number of nitrogens with zero attached hydrogens (tertiary/aromatic N) is 1. The van der Waals surface area contributed by atoms with Crippen LogP contribution in [0, 0.1) is 11.6 Å². The molecule has 7 heteroatoms. The van der Waals surface area contributed by atoms with Crippen molar-refractivity contribution in [2.24, 2.45) is 0 Å². The van der Waals surface area contributed by atoms with Crippen molar-refractivity contribution in [3.8, 4) is 5.75 Å². The summed E-state index contributed by atoms with van der Waals surface area (Å²) in [5, 5.41) is 2.37. The van der Waals surface area contributed by atoms with Gasteiger partial charge < -0.3 is 15.0 Å². The van der Waals surface area contributed by atoms with Crippen molar-refractivity contribution in [3.05, 3.63) is 54.1 Å². The van der Waals surface area contributed by atoms with E-state index in [2.05, 4.69) is 5.32 Å². The first kappa shape index (κ1) is 19.4. The molecule has 1 N–H and O–H groups in total. The van der Waals surface area contributed by atoms with Crippen molar-refractivity contribution in [1.29, 1.82) is 0 Å². The number of anilines is 2. The summed E-state index contributed by atoms with van der Waals surface area (Å²) in [5.41, 5.74) is 0.447. The van der Waals surface area contributed by atoms with E-state index in [0.29, 0.717) is 24.1 Å². The van der Waals surface area contributed by atoms with E-state index in [1.165, 1.54) is 11.8 Å². The third-order valence-electron chi connectivity index (χ3n) is 3.60. The van der Waals surface area contributed by atoms with E-state index in [1.807, 2.05) is 6.92 Å². The van der Waals surface area contributed by atoms with Gasteiger partial charge in [0.2, 0.25) is 11.8 Å². The Hall–Kier alpha value is -2.96. The predicted molar refractivity (Wildman–Crippen MR) is 95.2 cm³/mol. The fourth-order valence-electron chi connectivity index (χ4n) is 2.42. The van der Waals surface area contributed by atoms with Crippen molar-refractivity contribution in [1.82, 2.24) is 0 Å². The molecule has 0 aliphatic carbocycles. The number of halogens is 2.